The van der Waals surface area contributed by atoms with E-state index in [2.05, 4.69) is 15.3 Å². The molecule has 1 unspecified atom stereocenters. The Morgan fingerprint density at radius 3 is 3.00 bits per heavy atom. The van der Waals surface area contributed by atoms with Gasteiger partial charge in [0.15, 0.2) is 0 Å². The zero-order chi connectivity index (χ0) is 13.2. The van der Waals surface area contributed by atoms with Crippen LogP contribution in [0.1, 0.15) is 22.5 Å². The molecule has 1 fully saturated rings. The van der Waals surface area contributed by atoms with E-state index in [1.807, 2.05) is 11.8 Å². The molecular formula is C12H14N4OS2. The maximum atomic E-state index is 12.3. The first-order valence-electron chi connectivity index (χ1n) is 6.13. The summed E-state index contributed by atoms with van der Waals surface area (Å²) in [6, 6.07) is 0.247. The highest BCUT2D eigenvalue weighted by Gasteiger charge is 2.21. The second kappa shape index (κ2) is 5.34. The molecule has 3 rings (SSSR count). The van der Waals surface area contributed by atoms with Crippen molar-refractivity contribution in [3.63, 3.8) is 0 Å². The third-order valence-electron chi connectivity index (χ3n) is 3.06. The number of anilines is 1. The van der Waals surface area contributed by atoms with Crippen LogP contribution >= 0.6 is 23.1 Å². The third kappa shape index (κ3) is 2.52. The first-order valence-corrected chi connectivity index (χ1v) is 8.10. The van der Waals surface area contributed by atoms with Crippen LogP contribution in [0, 0.1) is 0 Å². The average molecular weight is 294 g/mol. The van der Waals surface area contributed by atoms with Crippen molar-refractivity contribution < 1.29 is 4.79 Å². The number of aromatic nitrogens is 2. The van der Waals surface area contributed by atoms with E-state index in [9.17, 15) is 4.79 Å². The molecule has 0 saturated carbocycles. The summed E-state index contributed by atoms with van der Waals surface area (Å²) < 4.78 is 0. The zero-order valence-corrected chi connectivity index (χ0v) is 11.9. The van der Waals surface area contributed by atoms with Crippen LogP contribution in [0.4, 0.5) is 5.69 Å². The number of thioether (sulfide) groups is 1. The molecule has 19 heavy (non-hydrogen) atoms. The summed E-state index contributed by atoms with van der Waals surface area (Å²) >= 11 is 3.19. The lowest BCUT2D eigenvalue weighted by Crippen LogP contribution is -2.38. The van der Waals surface area contributed by atoms with Crippen LogP contribution in [-0.2, 0) is 0 Å². The molecule has 3 N–H and O–H groups in total. The highest BCUT2D eigenvalue weighted by Crippen LogP contribution is 2.30. The van der Waals surface area contributed by atoms with E-state index in [0.717, 1.165) is 18.6 Å². The molecule has 0 bridgehead atoms. The van der Waals surface area contributed by atoms with Gasteiger partial charge >= 0.3 is 0 Å². The molecule has 1 amide bonds. The van der Waals surface area contributed by atoms with Crippen LogP contribution in [0.3, 0.4) is 0 Å². The topological polar surface area (TPSA) is 80.9 Å². The molecule has 1 atom stereocenters. The van der Waals surface area contributed by atoms with E-state index in [-0.39, 0.29) is 11.9 Å². The number of hydrogen-bond donors (Lipinski definition) is 2. The lowest BCUT2D eigenvalue weighted by Gasteiger charge is -2.22. The molecule has 1 saturated heterocycles. The molecule has 0 aromatic carbocycles. The van der Waals surface area contributed by atoms with Gasteiger partial charge in [0, 0.05) is 24.2 Å². The predicted molar refractivity (Wildman–Crippen MR) is 79.6 cm³/mol. The van der Waals surface area contributed by atoms with Crippen molar-refractivity contribution in [3.05, 3.63) is 17.3 Å². The summed E-state index contributed by atoms with van der Waals surface area (Å²) in [5, 5.41) is 3.05. The number of nitrogens with zero attached hydrogens (tertiary/aromatic N) is 2. The lowest BCUT2D eigenvalue weighted by molar-refractivity contribution is 0.0943. The number of fused-ring (bicyclic) bond motifs is 1. The fourth-order valence-corrected chi connectivity index (χ4v) is 4.11. The Morgan fingerprint density at radius 2 is 2.26 bits per heavy atom. The number of nitrogens with two attached hydrogens (primary N) is 1. The molecule has 2 aromatic rings. The molecule has 2 aromatic heterocycles. The lowest BCUT2D eigenvalue weighted by atomic mass is 10.2. The Bertz CT molecular complexity index is 607. The summed E-state index contributed by atoms with van der Waals surface area (Å²) in [7, 11) is 0. The number of nitrogen functional groups attached to an aromatic ring is 1. The van der Waals surface area contributed by atoms with Crippen LogP contribution in [0.2, 0.25) is 0 Å². The van der Waals surface area contributed by atoms with Gasteiger partial charge in [-0.3, -0.25) is 4.79 Å². The van der Waals surface area contributed by atoms with Crippen molar-refractivity contribution in [2.24, 2.45) is 0 Å². The number of carbonyl (C=O) groups is 1. The Labute approximate surface area is 119 Å². The van der Waals surface area contributed by atoms with E-state index in [1.165, 1.54) is 17.1 Å². The SMILES string of the molecule is Nc1c(C(=O)NC2CCCSC2)sc2nccnc12. The summed E-state index contributed by atoms with van der Waals surface area (Å²) in [6.45, 7) is 0. The number of hydrogen-bond acceptors (Lipinski definition) is 6. The normalized spacial score (nSPS) is 19.5. The van der Waals surface area contributed by atoms with E-state index < -0.39 is 0 Å². The van der Waals surface area contributed by atoms with Gasteiger partial charge < -0.3 is 11.1 Å². The Morgan fingerprint density at radius 1 is 1.42 bits per heavy atom. The van der Waals surface area contributed by atoms with Gasteiger partial charge in [-0.05, 0) is 18.6 Å². The van der Waals surface area contributed by atoms with Gasteiger partial charge in [0.2, 0.25) is 0 Å². The van der Waals surface area contributed by atoms with Crippen molar-refractivity contribution >= 4 is 45.0 Å². The molecule has 0 spiro atoms. The maximum absolute atomic E-state index is 12.3. The van der Waals surface area contributed by atoms with Crippen LogP contribution < -0.4 is 11.1 Å². The number of thiophene rings is 1. The molecule has 5 nitrogen and oxygen atoms in total. The van der Waals surface area contributed by atoms with Gasteiger partial charge in [-0.1, -0.05) is 0 Å². The van der Waals surface area contributed by atoms with E-state index in [4.69, 9.17) is 5.73 Å². The van der Waals surface area contributed by atoms with Gasteiger partial charge in [0.1, 0.15) is 15.2 Å². The summed E-state index contributed by atoms with van der Waals surface area (Å²) in [6.07, 6.45) is 5.39. The summed E-state index contributed by atoms with van der Waals surface area (Å²) in [5.41, 5.74) is 7.05. The highest BCUT2D eigenvalue weighted by molar-refractivity contribution is 7.99. The number of carbonyl (C=O) groups excluding carboxylic acids is 1. The number of amides is 1. The second-order valence-electron chi connectivity index (χ2n) is 4.44. The number of nitrogens with one attached hydrogen (secondary N) is 1. The quantitative estimate of drug-likeness (QED) is 0.884. The standard InChI is InChI=1S/C12H14N4OS2/c13-8-9-12(15-4-3-14-9)19-10(8)11(17)16-7-2-1-5-18-6-7/h3-4,7H,1-2,5-6,13H2,(H,16,17). The van der Waals surface area contributed by atoms with Gasteiger partial charge in [0.25, 0.3) is 5.91 Å². The van der Waals surface area contributed by atoms with Gasteiger partial charge in [-0.15, -0.1) is 11.3 Å². The summed E-state index contributed by atoms with van der Waals surface area (Å²) in [4.78, 5) is 21.8. The minimum absolute atomic E-state index is 0.102. The minimum atomic E-state index is -0.102. The first-order chi connectivity index (χ1) is 9.25. The third-order valence-corrected chi connectivity index (χ3v) is 5.38. The highest BCUT2D eigenvalue weighted by atomic mass is 32.2. The molecule has 7 heteroatoms. The Kier molecular flexibility index (Phi) is 3.56. The Balaban J connectivity index is 1.83. The van der Waals surface area contributed by atoms with Crippen molar-refractivity contribution in [2.75, 3.05) is 17.2 Å². The van der Waals surface area contributed by atoms with Gasteiger partial charge in [-0.25, -0.2) is 9.97 Å². The van der Waals surface area contributed by atoms with Crippen molar-refractivity contribution in [3.8, 4) is 0 Å². The van der Waals surface area contributed by atoms with E-state index >= 15 is 0 Å². The minimum Gasteiger partial charge on any atom is -0.396 e. The Hall–Kier alpha value is -1.34. The maximum Gasteiger partial charge on any atom is 0.263 e. The first kappa shape index (κ1) is 12.7. The molecule has 1 aliphatic heterocycles. The van der Waals surface area contributed by atoms with E-state index in [1.54, 1.807) is 12.4 Å². The molecule has 100 valence electrons. The molecule has 0 radical (unpaired) electrons. The van der Waals surface area contributed by atoms with Crippen LogP contribution in [0.15, 0.2) is 12.4 Å². The monoisotopic (exact) mass is 294 g/mol. The number of rotatable bonds is 2. The molecule has 1 aliphatic rings. The van der Waals surface area contributed by atoms with E-state index in [0.29, 0.717) is 20.9 Å². The molecule has 3 heterocycles. The average Bonchev–Trinajstić information content (AvgIpc) is 2.78. The van der Waals surface area contributed by atoms with Crippen molar-refractivity contribution in [1.29, 1.82) is 0 Å². The van der Waals surface area contributed by atoms with Crippen molar-refractivity contribution in [2.45, 2.75) is 18.9 Å². The molecule has 0 aliphatic carbocycles. The summed E-state index contributed by atoms with van der Waals surface area (Å²) in [5.74, 6) is 2.06. The van der Waals surface area contributed by atoms with Gasteiger partial charge in [-0.2, -0.15) is 11.8 Å². The van der Waals surface area contributed by atoms with Gasteiger partial charge in [0.05, 0.1) is 5.69 Å². The molecular weight excluding hydrogens is 280 g/mol. The van der Waals surface area contributed by atoms with Crippen LogP contribution in [-0.4, -0.2) is 33.4 Å². The largest absolute Gasteiger partial charge is 0.396 e. The second-order valence-corrected chi connectivity index (χ2v) is 6.59. The zero-order valence-electron chi connectivity index (χ0n) is 10.3. The smallest absolute Gasteiger partial charge is 0.263 e. The fraction of sp³-hybridized carbons (Fsp3) is 0.417. The van der Waals surface area contributed by atoms with Crippen LogP contribution in [0.25, 0.3) is 10.3 Å². The predicted octanol–water partition coefficient (Wildman–Crippen LogP) is 1.90. The fourth-order valence-electron chi connectivity index (χ4n) is 2.12. The van der Waals surface area contributed by atoms with Crippen LogP contribution in [0.5, 0.6) is 0 Å². The van der Waals surface area contributed by atoms with Crippen molar-refractivity contribution in [1.82, 2.24) is 15.3 Å².